The lowest BCUT2D eigenvalue weighted by Crippen LogP contribution is -2.30. The van der Waals surface area contributed by atoms with Crippen molar-refractivity contribution >= 4 is 0 Å². The van der Waals surface area contributed by atoms with E-state index in [1.165, 1.54) is 17.5 Å². The molecule has 20 heavy (non-hydrogen) atoms. The molecule has 1 unspecified atom stereocenters. The van der Waals surface area contributed by atoms with Crippen LogP contribution >= 0.6 is 0 Å². The molecule has 1 atom stereocenters. The van der Waals surface area contributed by atoms with Crippen molar-refractivity contribution in [1.82, 2.24) is 10.2 Å². The van der Waals surface area contributed by atoms with Gasteiger partial charge in [-0.3, -0.25) is 0 Å². The first-order chi connectivity index (χ1) is 9.58. The van der Waals surface area contributed by atoms with Crippen molar-refractivity contribution in [3.63, 3.8) is 0 Å². The molecule has 2 rings (SSSR count). The summed E-state index contributed by atoms with van der Waals surface area (Å²) in [6.45, 7) is 9.76. The second-order valence-electron chi connectivity index (χ2n) is 6.07. The SMILES string of the molecule is CC(NCCCN(C)C(C)C)c1ccc2c(c1)CCO2. The molecule has 0 bridgehead atoms. The molecule has 0 radical (unpaired) electrons. The highest BCUT2D eigenvalue weighted by Crippen LogP contribution is 2.27. The Morgan fingerprint density at radius 3 is 2.85 bits per heavy atom. The minimum absolute atomic E-state index is 0.408. The molecular formula is C17H28N2O. The number of rotatable bonds is 7. The first-order valence-corrected chi connectivity index (χ1v) is 7.77. The van der Waals surface area contributed by atoms with Gasteiger partial charge in [-0.1, -0.05) is 12.1 Å². The number of nitrogens with zero attached hydrogens (tertiary/aromatic N) is 1. The van der Waals surface area contributed by atoms with Gasteiger partial charge in [0, 0.05) is 18.5 Å². The van der Waals surface area contributed by atoms with Crippen LogP contribution in [0.15, 0.2) is 18.2 Å². The van der Waals surface area contributed by atoms with Crippen LogP contribution in [0.1, 0.15) is 44.4 Å². The molecule has 3 heteroatoms. The van der Waals surface area contributed by atoms with E-state index < -0.39 is 0 Å². The van der Waals surface area contributed by atoms with Crippen LogP contribution in [0, 0.1) is 0 Å². The Kier molecular flexibility index (Phi) is 5.44. The van der Waals surface area contributed by atoms with Crippen LogP contribution in [-0.4, -0.2) is 37.7 Å². The predicted molar refractivity (Wildman–Crippen MR) is 84.4 cm³/mol. The summed E-state index contributed by atoms with van der Waals surface area (Å²) in [5, 5.41) is 3.62. The van der Waals surface area contributed by atoms with Crippen LogP contribution in [0.4, 0.5) is 0 Å². The topological polar surface area (TPSA) is 24.5 Å². The van der Waals surface area contributed by atoms with Gasteiger partial charge in [-0.2, -0.15) is 0 Å². The summed E-state index contributed by atoms with van der Waals surface area (Å²) in [4.78, 5) is 2.39. The van der Waals surface area contributed by atoms with E-state index in [0.29, 0.717) is 12.1 Å². The molecule has 3 nitrogen and oxygen atoms in total. The van der Waals surface area contributed by atoms with Gasteiger partial charge in [-0.15, -0.1) is 0 Å². The first-order valence-electron chi connectivity index (χ1n) is 7.77. The minimum Gasteiger partial charge on any atom is -0.493 e. The maximum atomic E-state index is 5.55. The van der Waals surface area contributed by atoms with Crippen molar-refractivity contribution < 1.29 is 4.74 Å². The molecule has 0 fully saturated rings. The minimum atomic E-state index is 0.408. The highest BCUT2D eigenvalue weighted by Gasteiger charge is 2.14. The summed E-state index contributed by atoms with van der Waals surface area (Å²) in [7, 11) is 2.19. The van der Waals surface area contributed by atoms with Gasteiger partial charge in [0.2, 0.25) is 0 Å². The van der Waals surface area contributed by atoms with Crippen molar-refractivity contribution in [2.45, 2.75) is 45.7 Å². The third kappa shape index (κ3) is 3.97. The number of ether oxygens (including phenoxy) is 1. The Labute approximate surface area is 123 Å². The van der Waals surface area contributed by atoms with Gasteiger partial charge in [0.25, 0.3) is 0 Å². The summed E-state index contributed by atoms with van der Waals surface area (Å²) in [5.41, 5.74) is 2.72. The van der Waals surface area contributed by atoms with Crippen LogP contribution < -0.4 is 10.1 Å². The van der Waals surface area contributed by atoms with Crippen LogP contribution in [0.25, 0.3) is 0 Å². The van der Waals surface area contributed by atoms with Crippen LogP contribution in [0.5, 0.6) is 5.75 Å². The van der Waals surface area contributed by atoms with E-state index in [1.807, 2.05) is 0 Å². The van der Waals surface area contributed by atoms with Crippen LogP contribution in [0.2, 0.25) is 0 Å². The number of nitrogens with one attached hydrogen (secondary N) is 1. The first kappa shape index (κ1) is 15.3. The van der Waals surface area contributed by atoms with Crippen molar-refractivity contribution in [2.75, 3.05) is 26.7 Å². The summed E-state index contributed by atoms with van der Waals surface area (Å²) in [6.07, 6.45) is 2.24. The number of hydrogen-bond donors (Lipinski definition) is 1. The molecule has 1 aromatic carbocycles. The fourth-order valence-corrected chi connectivity index (χ4v) is 2.50. The van der Waals surface area contributed by atoms with Gasteiger partial charge >= 0.3 is 0 Å². The van der Waals surface area contributed by atoms with Gasteiger partial charge in [0.15, 0.2) is 0 Å². The van der Waals surface area contributed by atoms with Crippen molar-refractivity contribution in [1.29, 1.82) is 0 Å². The average Bonchev–Trinajstić information content (AvgIpc) is 2.90. The monoisotopic (exact) mass is 276 g/mol. The number of benzene rings is 1. The van der Waals surface area contributed by atoms with Gasteiger partial charge < -0.3 is 15.0 Å². The zero-order valence-electron chi connectivity index (χ0n) is 13.3. The fourth-order valence-electron chi connectivity index (χ4n) is 2.50. The molecule has 1 aliphatic heterocycles. The third-order valence-corrected chi connectivity index (χ3v) is 4.23. The molecule has 1 heterocycles. The van der Waals surface area contributed by atoms with E-state index in [0.717, 1.165) is 31.9 Å². The molecular weight excluding hydrogens is 248 g/mol. The summed E-state index contributed by atoms with van der Waals surface area (Å²) in [5.74, 6) is 1.07. The zero-order chi connectivity index (χ0) is 14.5. The highest BCUT2D eigenvalue weighted by molar-refractivity contribution is 5.40. The molecule has 1 N–H and O–H groups in total. The summed E-state index contributed by atoms with van der Waals surface area (Å²) < 4.78 is 5.55. The third-order valence-electron chi connectivity index (χ3n) is 4.23. The van der Waals surface area contributed by atoms with E-state index in [2.05, 4.69) is 56.2 Å². The Hall–Kier alpha value is -1.06. The zero-order valence-corrected chi connectivity index (χ0v) is 13.3. The summed E-state index contributed by atoms with van der Waals surface area (Å²) in [6, 6.07) is 7.62. The lowest BCUT2D eigenvalue weighted by atomic mass is 10.0. The van der Waals surface area contributed by atoms with E-state index in [9.17, 15) is 0 Å². The molecule has 0 aliphatic carbocycles. The smallest absolute Gasteiger partial charge is 0.122 e. The molecule has 0 amide bonds. The van der Waals surface area contributed by atoms with Crippen LogP contribution in [-0.2, 0) is 6.42 Å². The second-order valence-corrected chi connectivity index (χ2v) is 6.07. The highest BCUT2D eigenvalue weighted by atomic mass is 16.5. The van der Waals surface area contributed by atoms with Crippen molar-refractivity contribution in [2.24, 2.45) is 0 Å². The van der Waals surface area contributed by atoms with Gasteiger partial charge in [0.05, 0.1) is 6.61 Å². The van der Waals surface area contributed by atoms with Crippen molar-refractivity contribution in [3.05, 3.63) is 29.3 Å². The van der Waals surface area contributed by atoms with E-state index in [4.69, 9.17) is 4.74 Å². The lowest BCUT2D eigenvalue weighted by Gasteiger charge is -2.21. The molecule has 0 saturated heterocycles. The maximum Gasteiger partial charge on any atom is 0.122 e. The lowest BCUT2D eigenvalue weighted by molar-refractivity contribution is 0.268. The maximum absolute atomic E-state index is 5.55. The van der Waals surface area contributed by atoms with Gasteiger partial charge in [-0.05, 0) is 64.5 Å². The van der Waals surface area contributed by atoms with Gasteiger partial charge in [-0.25, -0.2) is 0 Å². The van der Waals surface area contributed by atoms with Crippen LogP contribution in [0.3, 0.4) is 0 Å². The van der Waals surface area contributed by atoms with Gasteiger partial charge in [0.1, 0.15) is 5.75 Å². The Morgan fingerprint density at radius 2 is 2.10 bits per heavy atom. The molecule has 1 aromatic rings. The molecule has 0 aromatic heterocycles. The standard InChI is InChI=1S/C17H28N2O/c1-13(2)19(4)10-5-9-18-14(3)15-6-7-17-16(12-15)8-11-20-17/h6-7,12-14,18H,5,8-11H2,1-4H3. The Morgan fingerprint density at radius 1 is 1.30 bits per heavy atom. The Balaban J connectivity index is 1.76. The molecule has 0 saturated carbocycles. The predicted octanol–water partition coefficient (Wildman–Crippen LogP) is 3.00. The summed E-state index contributed by atoms with van der Waals surface area (Å²) >= 11 is 0. The van der Waals surface area contributed by atoms with E-state index in [-0.39, 0.29) is 0 Å². The average molecular weight is 276 g/mol. The number of hydrogen-bond acceptors (Lipinski definition) is 3. The quantitative estimate of drug-likeness (QED) is 0.775. The Bertz CT molecular complexity index is 431. The largest absolute Gasteiger partial charge is 0.493 e. The molecule has 1 aliphatic rings. The molecule has 0 spiro atoms. The number of fused-ring (bicyclic) bond motifs is 1. The molecule has 112 valence electrons. The second kappa shape index (κ2) is 7.09. The van der Waals surface area contributed by atoms with Crippen molar-refractivity contribution in [3.8, 4) is 5.75 Å². The van der Waals surface area contributed by atoms with E-state index >= 15 is 0 Å². The van der Waals surface area contributed by atoms with E-state index in [1.54, 1.807) is 0 Å². The fraction of sp³-hybridized carbons (Fsp3) is 0.647. The normalized spacial score (nSPS) is 15.5.